The quantitative estimate of drug-likeness (QED) is 0.759. The Morgan fingerprint density at radius 2 is 1.94 bits per heavy atom. The maximum absolute atomic E-state index is 11.5. The van der Waals surface area contributed by atoms with E-state index in [2.05, 4.69) is 6.58 Å². The molecule has 0 aromatic heterocycles. The van der Waals surface area contributed by atoms with Crippen molar-refractivity contribution in [3.8, 4) is 0 Å². The molecular formula is C14H13ClO. The highest BCUT2D eigenvalue weighted by atomic mass is 35.5. The van der Waals surface area contributed by atoms with Crippen LogP contribution in [0.4, 0.5) is 0 Å². The van der Waals surface area contributed by atoms with E-state index in [1.54, 1.807) is 6.92 Å². The molecule has 0 heterocycles. The lowest BCUT2D eigenvalue weighted by molar-refractivity contribution is -0.119. The van der Waals surface area contributed by atoms with Crippen LogP contribution in [0.15, 0.2) is 48.6 Å². The highest BCUT2D eigenvalue weighted by Crippen LogP contribution is 2.38. The minimum atomic E-state index is -0.0753. The van der Waals surface area contributed by atoms with Gasteiger partial charge in [0.1, 0.15) is 5.78 Å². The third-order valence-corrected chi connectivity index (χ3v) is 3.23. The van der Waals surface area contributed by atoms with Crippen molar-refractivity contribution < 1.29 is 4.79 Å². The first-order chi connectivity index (χ1) is 7.59. The van der Waals surface area contributed by atoms with Gasteiger partial charge in [-0.1, -0.05) is 42.5 Å². The van der Waals surface area contributed by atoms with Gasteiger partial charge in [0.2, 0.25) is 0 Å². The molecule has 1 nitrogen and oxygen atoms in total. The van der Waals surface area contributed by atoms with Gasteiger partial charge in [-0.25, -0.2) is 0 Å². The average molecular weight is 233 g/mol. The molecule has 0 amide bonds. The minimum absolute atomic E-state index is 0.0753. The van der Waals surface area contributed by atoms with Crippen molar-refractivity contribution in [2.24, 2.45) is 5.92 Å². The van der Waals surface area contributed by atoms with Crippen LogP contribution < -0.4 is 0 Å². The molecule has 0 unspecified atom stereocenters. The minimum Gasteiger partial charge on any atom is -0.299 e. The molecule has 16 heavy (non-hydrogen) atoms. The molecule has 0 radical (unpaired) electrons. The molecule has 1 aromatic rings. The summed E-state index contributed by atoms with van der Waals surface area (Å²) in [5.74, 6) is 0.179. The summed E-state index contributed by atoms with van der Waals surface area (Å²) in [5.41, 5.74) is 2.09. The van der Waals surface area contributed by atoms with E-state index >= 15 is 0 Å². The lowest BCUT2D eigenvalue weighted by Gasteiger charge is -2.18. The molecule has 0 saturated carbocycles. The fourth-order valence-corrected chi connectivity index (χ4v) is 2.26. The molecule has 2 rings (SSSR count). The van der Waals surface area contributed by atoms with Crippen molar-refractivity contribution in [3.05, 3.63) is 59.2 Å². The van der Waals surface area contributed by atoms with Crippen LogP contribution in [0.2, 0.25) is 5.02 Å². The van der Waals surface area contributed by atoms with E-state index in [1.165, 1.54) is 0 Å². The standard InChI is InChI=1S/C14H13ClO/c1-9-3-8-13(10(2)16)14(9)11-4-6-12(15)7-5-11/h3-8,13-14H,1H2,2H3/t13-,14-/m1/s1. The Kier molecular flexibility index (Phi) is 2.97. The summed E-state index contributed by atoms with van der Waals surface area (Å²) in [6.07, 6.45) is 3.87. The molecule has 2 atom stereocenters. The molecule has 0 spiro atoms. The predicted molar refractivity (Wildman–Crippen MR) is 66.6 cm³/mol. The van der Waals surface area contributed by atoms with Crippen LogP contribution in [-0.2, 0) is 4.79 Å². The van der Waals surface area contributed by atoms with Gasteiger partial charge in [0.15, 0.2) is 0 Å². The summed E-state index contributed by atoms with van der Waals surface area (Å²) >= 11 is 5.85. The highest BCUT2D eigenvalue weighted by Gasteiger charge is 2.30. The van der Waals surface area contributed by atoms with Crippen LogP contribution >= 0.6 is 11.6 Å². The Morgan fingerprint density at radius 3 is 2.50 bits per heavy atom. The van der Waals surface area contributed by atoms with E-state index in [0.29, 0.717) is 5.02 Å². The van der Waals surface area contributed by atoms with Crippen molar-refractivity contribution in [3.63, 3.8) is 0 Å². The number of ketones is 1. The van der Waals surface area contributed by atoms with Crippen molar-refractivity contribution in [1.82, 2.24) is 0 Å². The molecule has 1 aliphatic rings. The second kappa shape index (κ2) is 4.26. The maximum atomic E-state index is 11.5. The summed E-state index contributed by atoms with van der Waals surface area (Å²) in [7, 11) is 0. The fraction of sp³-hybridized carbons (Fsp3) is 0.214. The molecule has 0 aliphatic heterocycles. The van der Waals surface area contributed by atoms with E-state index in [0.717, 1.165) is 11.1 Å². The number of hydrogen-bond acceptors (Lipinski definition) is 1. The van der Waals surface area contributed by atoms with Crippen LogP contribution in [0.25, 0.3) is 0 Å². The van der Waals surface area contributed by atoms with E-state index in [4.69, 9.17) is 11.6 Å². The average Bonchev–Trinajstić information content (AvgIpc) is 2.62. The largest absolute Gasteiger partial charge is 0.299 e. The topological polar surface area (TPSA) is 17.1 Å². The Balaban J connectivity index is 2.35. The number of Topliss-reactive ketones (excluding diaryl/α,β-unsaturated/α-hetero) is 1. The van der Waals surface area contributed by atoms with Crippen LogP contribution in [-0.4, -0.2) is 5.78 Å². The third-order valence-electron chi connectivity index (χ3n) is 2.97. The van der Waals surface area contributed by atoms with Gasteiger partial charge in [0, 0.05) is 16.9 Å². The zero-order valence-electron chi connectivity index (χ0n) is 9.11. The Labute approximate surface area is 100 Å². The summed E-state index contributed by atoms with van der Waals surface area (Å²) in [6.45, 7) is 5.62. The smallest absolute Gasteiger partial charge is 0.137 e. The Bertz CT molecular complexity index is 456. The maximum Gasteiger partial charge on any atom is 0.137 e. The van der Waals surface area contributed by atoms with Gasteiger partial charge in [-0.3, -0.25) is 4.79 Å². The van der Waals surface area contributed by atoms with Crippen LogP contribution in [0.1, 0.15) is 18.4 Å². The van der Waals surface area contributed by atoms with Crippen molar-refractivity contribution in [2.75, 3.05) is 0 Å². The molecule has 2 heteroatoms. The van der Waals surface area contributed by atoms with Gasteiger partial charge in [0.05, 0.1) is 0 Å². The fourth-order valence-electron chi connectivity index (χ4n) is 2.13. The summed E-state index contributed by atoms with van der Waals surface area (Å²) < 4.78 is 0. The van der Waals surface area contributed by atoms with E-state index < -0.39 is 0 Å². The second-order valence-corrected chi connectivity index (χ2v) is 4.54. The molecule has 0 fully saturated rings. The molecule has 0 bridgehead atoms. The monoisotopic (exact) mass is 232 g/mol. The summed E-state index contributed by atoms with van der Waals surface area (Å²) in [5, 5.41) is 0.708. The lowest BCUT2D eigenvalue weighted by atomic mass is 9.84. The van der Waals surface area contributed by atoms with Crippen LogP contribution in [0.5, 0.6) is 0 Å². The first kappa shape index (κ1) is 11.2. The van der Waals surface area contributed by atoms with Gasteiger partial charge in [-0.2, -0.15) is 0 Å². The first-order valence-corrected chi connectivity index (χ1v) is 5.60. The summed E-state index contributed by atoms with van der Waals surface area (Å²) in [4.78, 5) is 11.5. The first-order valence-electron chi connectivity index (χ1n) is 5.22. The van der Waals surface area contributed by atoms with Gasteiger partial charge < -0.3 is 0 Å². The van der Waals surface area contributed by atoms with Gasteiger partial charge in [-0.05, 0) is 30.2 Å². The number of carbonyl (C=O) groups is 1. The van der Waals surface area contributed by atoms with Crippen LogP contribution in [0, 0.1) is 5.92 Å². The van der Waals surface area contributed by atoms with Gasteiger partial charge >= 0.3 is 0 Å². The Hall–Kier alpha value is -1.34. The van der Waals surface area contributed by atoms with Crippen molar-refractivity contribution >= 4 is 17.4 Å². The van der Waals surface area contributed by atoms with Gasteiger partial charge in [0.25, 0.3) is 0 Å². The third kappa shape index (κ3) is 1.96. The highest BCUT2D eigenvalue weighted by molar-refractivity contribution is 6.30. The molecule has 1 aliphatic carbocycles. The Morgan fingerprint density at radius 1 is 1.31 bits per heavy atom. The van der Waals surface area contributed by atoms with Gasteiger partial charge in [-0.15, -0.1) is 0 Å². The SMILES string of the molecule is C=C1C=C[C@H](C(C)=O)[C@H]1c1ccc(Cl)cc1. The van der Waals surface area contributed by atoms with Crippen LogP contribution in [0.3, 0.4) is 0 Å². The number of hydrogen-bond donors (Lipinski definition) is 0. The number of halogens is 1. The zero-order valence-corrected chi connectivity index (χ0v) is 9.87. The van der Waals surface area contributed by atoms with E-state index in [9.17, 15) is 4.79 Å². The number of carbonyl (C=O) groups excluding carboxylic acids is 1. The lowest BCUT2D eigenvalue weighted by Crippen LogP contribution is -2.15. The molecule has 0 N–H and O–H groups in total. The molecular weight excluding hydrogens is 220 g/mol. The summed E-state index contributed by atoms with van der Waals surface area (Å²) in [6, 6.07) is 7.61. The number of benzene rings is 1. The van der Waals surface area contributed by atoms with E-state index in [1.807, 2.05) is 36.4 Å². The molecule has 82 valence electrons. The van der Waals surface area contributed by atoms with E-state index in [-0.39, 0.29) is 17.6 Å². The molecule has 0 saturated heterocycles. The van der Waals surface area contributed by atoms with Crippen molar-refractivity contribution in [1.29, 1.82) is 0 Å². The zero-order chi connectivity index (χ0) is 11.7. The number of allylic oxidation sites excluding steroid dienone is 3. The number of rotatable bonds is 2. The second-order valence-electron chi connectivity index (χ2n) is 4.10. The normalized spacial score (nSPS) is 23.8. The predicted octanol–water partition coefficient (Wildman–Crippen LogP) is 3.75. The van der Waals surface area contributed by atoms with Crippen molar-refractivity contribution in [2.45, 2.75) is 12.8 Å². The molecule has 1 aromatic carbocycles.